The lowest BCUT2D eigenvalue weighted by molar-refractivity contribution is 0.0725. The van der Waals surface area contributed by atoms with Crippen LogP contribution in [0.15, 0.2) is 18.2 Å². The second kappa shape index (κ2) is 2.53. The van der Waals surface area contributed by atoms with Crippen LogP contribution >= 0.6 is 0 Å². The maximum Gasteiger partial charge on any atom is 0.132 e. The number of epoxide rings is 1. The van der Waals surface area contributed by atoms with Crippen molar-refractivity contribution in [3.05, 3.63) is 29.3 Å². The fourth-order valence-corrected chi connectivity index (χ4v) is 2.15. The summed E-state index contributed by atoms with van der Waals surface area (Å²) in [6.45, 7) is 4.05. The van der Waals surface area contributed by atoms with Gasteiger partial charge in [-0.05, 0) is 32.0 Å². The van der Waals surface area contributed by atoms with E-state index in [0.717, 1.165) is 11.3 Å². The maximum atomic E-state index is 8.81. The lowest BCUT2D eigenvalue weighted by Crippen LogP contribution is -2.37. The van der Waals surface area contributed by atoms with Crippen molar-refractivity contribution in [3.63, 3.8) is 0 Å². The molecule has 0 saturated carbocycles. The standard InChI is InChI=1S/C12H11NO2/c1-12(2)11-10(14-11)8-5-7(6-13)3-4-9(8)15-12/h3-5,10-11H,1-2H3/t10?,11-/m1/s1. The Labute approximate surface area is 88.2 Å². The third-order valence-corrected chi connectivity index (χ3v) is 3.00. The van der Waals surface area contributed by atoms with Gasteiger partial charge >= 0.3 is 0 Å². The van der Waals surface area contributed by atoms with Crippen LogP contribution in [0.2, 0.25) is 0 Å². The van der Waals surface area contributed by atoms with Crippen LogP contribution in [0.4, 0.5) is 0 Å². The van der Waals surface area contributed by atoms with E-state index in [1.807, 2.05) is 26.0 Å². The highest BCUT2D eigenvalue weighted by Gasteiger charge is 2.56. The van der Waals surface area contributed by atoms with Crippen molar-refractivity contribution >= 4 is 0 Å². The Morgan fingerprint density at radius 2 is 2.20 bits per heavy atom. The minimum absolute atomic E-state index is 0.122. The quantitative estimate of drug-likeness (QED) is 0.604. The van der Waals surface area contributed by atoms with E-state index in [9.17, 15) is 0 Å². The first-order chi connectivity index (χ1) is 7.12. The van der Waals surface area contributed by atoms with E-state index < -0.39 is 0 Å². The number of rotatable bonds is 0. The van der Waals surface area contributed by atoms with E-state index in [1.165, 1.54) is 0 Å². The number of ether oxygens (including phenoxy) is 2. The van der Waals surface area contributed by atoms with Crippen molar-refractivity contribution in [2.24, 2.45) is 0 Å². The first-order valence-corrected chi connectivity index (χ1v) is 5.00. The van der Waals surface area contributed by atoms with Gasteiger partial charge in [-0.3, -0.25) is 0 Å². The van der Waals surface area contributed by atoms with Gasteiger partial charge in [0.1, 0.15) is 23.6 Å². The average Bonchev–Trinajstić information content (AvgIpc) is 2.97. The van der Waals surface area contributed by atoms with Crippen molar-refractivity contribution in [2.75, 3.05) is 0 Å². The fraction of sp³-hybridized carbons (Fsp3) is 0.417. The Kier molecular flexibility index (Phi) is 1.48. The van der Waals surface area contributed by atoms with E-state index in [4.69, 9.17) is 14.7 Å². The fourth-order valence-electron chi connectivity index (χ4n) is 2.15. The van der Waals surface area contributed by atoms with Gasteiger partial charge in [0, 0.05) is 5.56 Å². The molecule has 15 heavy (non-hydrogen) atoms. The zero-order valence-corrected chi connectivity index (χ0v) is 8.65. The molecule has 0 aliphatic carbocycles. The molecular weight excluding hydrogens is 190 g/mol. The summed E-state index contributed by atoms with van der Waals surface area (Å²) in [6.07, 6.45) is 0.260. The molecule has 1 fully saturated rings. The summed E-state index contributed by atoms with van der Waals surface area (Å²) in [6, 6.07) is 7.61. The van der Waals surface area contributed by atoms with Gasteiger partial charge in [0.05, 0.1) is 11.6 Å². The first-order valence-electron chi connectivity index (χ1n) is 5.00. The highest BCUT2D eigenvalue weighted by atomic mass is 16.6. The summed E-state index contributed by atoms with van der Waals surface area (Å²) < 4.78 is 11.4. The highest BCUT2D eigenvalue weighted by Crippen LogP contribution is 2.53. The molecule has 0 spiro atoms. The van der Waals surface area contributed by atoms with E-state index in [0.29, 0.717) is 5.56 Å². The second-order valence-corrected chi connectivity index (χ2v) is 4.55. The predicted molar refractivity (Wildman–Crippen MR) is 53.5 cm³/mol. The molecule has 0 amide bonds. The molecule has 76 valence electrons. The van der Waals surface area contributed by atoms with Crippen molar-refractivity contribution in [1.29, 1.82) is 5.26 Å². The number of nitriles is 1. The molecule has 2 aliphatic rings. The molecular formula is C12H11NO2. The maximum absolute atomic E-state index is 8.81. The number of hydrogen-bond donors (Lipinski definition) is 0. The molecule has 3 heteroatoms. The smallest absolute Gasteiger partial charge is 0.132 e. The van der Waals surface area contributed by atoms with E-state index in [2.05, 4.69) is 6.07 Å². The Morgan fingerprint density at radius 1 is 1.40 bits per heavy atom. The lowest BCUT2D eigenvalue weighted by atomic mass is 9.93. The Balaban J connectivity index is 2.10. The third-order valence-electron chi connectivity index (χ3n) is 3.00. The Hall–Kier alpha value is -1.53. The predicted octanol–water partition coefficient (Wildman–Crippen LogP) is 2.17. The van der Waals surface area contributed by atoms with Crippen molar-refractivity contribution in [3.8, 4) is 11.8 Å². The summed E-state index contributed by atoms with van der Waals surface area (Å²) in [5, 5.41) is 8.81. The van der Waals surface area contributed by atoms with Gasteiger partial charge < -0.3 is 9.47 Å². The molecule has 2 heterocycles. The number of hydrogen-bond acceptors (Lipinski definition) is 3. The molecule has 3 rings (SSSR count). The molecule has 1 aromatic carbocycles. The molecule has 3 nitrogen and oxygen atoms in total. The van der Waals surface area contributed by atoms with E-state index in [-0.39, 0.29) is 17.8 Å². The number of nitrogens with zero attached hydrogens (tertiary/aromatic N) is 1. The van der Waals surface area contributed by atoms with Gasteiger partial charge in [0.25, 0.3) is 0 Å². The van der Waals surface area contributed by atoms with Gasteiger partial charge in [-0.25, -0.2) is 0 Å². The van der Waals surface area contributed by atoms with Crippen LogP contribution in [-0.4, -0.2) is 11.7 Å². The van der Waals surface area contributed by atoms with Crippen molar-refractivity contribution in [2.45, 2.75) is 31.7 Å². The molecule has 0 radical (unpaired) electrons. The SMILES string of the molecule is CC1(C)Oc2ccc(C#N)cc2C2O[C@H]21. The topological polar surface area (TPSA) is 45.5 Å². The highest BCUT2D eigenvalue weighted by molar-refractivity contribution is 5.47. The molecule has 0 aromatic heterocycles. The Bertz CT molecular complexity index is 473. The number of benzene rings is 1. The minimum atomic E-state index is -0.258. The first kappa shape index (κ1) is 8.75. The molecule has 2 atom stereocenters. The zero-order chi connectivity index (χ0) is 10.6. The summed E-state index contributed by atoms with van der Waals surface area (Å²) in [5.41, 5.74) is 1.41. The average molecular weight is 201 g/mol. The summed E-state index contributed by atoms with van der Waals surface area (Å²) in [5.74, 6) is 0.845. The van der Waals surface area contributed by atoms with Gasteiger partial charge in [-0.2, -0.15) is 5.26 Å². The molecule has 1 saturated heterocycles. The van der Waals surface area contributed by atoms with Crippen LogP contribution in [0, 0.1) is 11.3 Å². The van der Waals surface area contributed by atoms with Gasteiger partial charge in [0.2, 0.25) is 0 Å². The molecule has 2 aliphatic heterocycles. The van der Waals surface area contributed by atoms with E-state index >= 15 is 0 Å². The van der Waals surface area contributed by atoms with Gasteiger partial charge in [-0.15, -0.1) is 0 Å². The molecule has 1 aromatic rings. The molecule has 1 unspecified atom stereocenters. The van der Waals surface area contributed by atoms with Crippen LogP contribution < -0.4 is 4.74 Å². The molecule has 0 N–H and O–H groups in total. The van der Waals surface area contributed by atoms with Crippen molar-refractivity contribution in [1.82, 2.24) is 0 Å². The normalized spacial score (nSPS) is 29.4. The largest absolute Gasteiger partial charge is 0.485 e. The van der Waals surface area contributed by atoms with Crippen LogP contribution in [0.3, 0.4) is 0 Å². The minimum Gasteiger partial charge on any atom is -0.485 e. The van der Waals surface area contributed by atoms with Crippen molar-refractivity contribution < 1.29 is 9.47 Å². The zero-order valence-electron chi connectivity index (χ0n) is 8.65. The van der Waals surface area contributed by atoms with E-state index in [1.54, 1.807) is 6.07 Å². The number of fused-ring (bicyclic) bond motifs is 3. The van der Waals surface area contributed by atoms with Crippen LogP contribution in [0.1, 0.15) is 31.1 Å². The van der Waals surface area contributed by atoms with Crippen LogP contribution in [-0.2, 0) is 4.74 Å². The van der Waals surface area contributed by atoms with Crippen LogP contribution in [0.25, 0.3) is 0 Å². The van der Waals surface area contributed by atoms with Gasteiger partial charge in [0.15, 0.2) is 0 Å². The monoisotopic (exact) mass is 201 g/mol. The second-order valence-electron chi connectivity index (χ2n) is 4.55. The summed E-state index contributed by atoms with van der Waals surface area (Å²) >= 11 is 0. The third kappa shape index (κ3) is 1.15. The molecule has 0 bridgehead atoms. The Morgan fingerprint density at radius 3 is 2.93 bits per heavy atom. The lowest BCUT2D eigenvalue weighted by Gasteiger charge is -2.29. The van der Waals surface area contributed by atoms with Crippen LogP contribution in [0.5, 0.6) is 5.75 Å². The summed E-state index contributed by atoms with van der Waals surface area (Å²) in [4.78, 5) is 0. The summed E-state index contributed by atoms with van der Waals surface area (Å²) in [7, 11) is 0. The van der Waals surface area contributed by atoms with Gasteiger partial charge in [-0.1, -0.05) is 0 Å².